The van der Waals surface area contributed by atoms with Gasteiger partial charge >= 0.3 is 0 Å². The quantitative estimate of drug-likeness (QED) is 0.452. The lowest BCUT2D eigenvalue weighted by atomic mass is 9.32. The monoisotopic (exact) mass is 442 g/mol. The first-order valence-electron chi connectivity index (χ1n) is 13.8. The van der Waals surface area contributed by atoms with Crippen molar-refractivity contribution in [2.24, 2.45) is 56.7 Å². The molecule has 5 fully saturated rings. The Hall–Kier alpha value is -0.340. The van der Waals surface area contributed by atoms with E-state index in [0.29, 0.717) is 40.6 Å². The molecule has 2 N–H and O–H groups in total. The molecule has 0 heterocycles. The summed E-state index contributed by atoms with van der Waals surface area (Å²) in [6.07, 6.45) is 12.2. The van der Waals surface area contributed by atoms with Gasteiger partial charge < -0.3 is 10.2 Å². The molecule has 0 amide bonds. The van der Waals surface area contributed by atoms with Crippen LogP contribution in [0.3, 0.4) is 0 Å². The number of aliphatic hydroxyl groups excluding tert-OH is 2. The van der Waals surface area contributed by atoms with Crippen LogP contribution in [0.15, 0.2) is 12.2 Å². The number of fused-ring (bicyclic) bond motifs is 7. The fraction of sp³-hybridized carbons (Fsp3) is 0.933. The zero-order valence-electron chi connectivity index (χ0n) is 21.8. The van der Waals surface area contributed by atoms with Gasteiger partial charge in [-0.1, -0.05) is 46.8 Å². The molecule has 2 heteroatoms. The summed E-state index contributed by atoms with van der Waals surface area (Å²) in [6, 6.07) is 0. The van der Waals surface area contributed by atoms with Gasteiger partial charge in [0.1, 0.15) is 0 Å². The van der Waals surface area contributed by atoms with E-state index in [9.17, 15) is 10.2 Å². The molecule has 0 aromatic rings. The molecular formula is C30H50O2. The van der Waals surface area contributed by atoms with Gasteiger partial charge in [-0.05, 0) is 128 Å². The molecule has 0 radical (unpaired) electrons. The summed E-state index contributed by atoms with van der Waals surface area (Å²) in [4.78, 5) is 0. The molecule has 5 saturated carbocycles. The molecule has 182 valence electrons. The van der Waals surface area contributed by atoms with E-state index in [0.717, 1.165) is 18.3 Å². The van der Waals surface area contributed by atoms with Crippen molar-refractivity contribution in [3.05, 3.63) is 12.2 Å². The third-order valence-electron chi connectivity index (χ3n) is 13.5. The molecule has 0 unspecified atom stereocenters. The highest BCUT2D eigenvalue weighted by atomic mass is 16.3. The van der Waals surface area contributed by atoms with Gasteiger partial charge in [-0.2, -0.15) is 0 Å². The first kappa shape index (κ1) is 23.4. The SMILES string of the molecule is C=C(C)[C@H]1CC[C@]2(CO)CC[C@@]3(C)[C@H](CC[C@@H]4[C@]5(C)CC[C@@H](O)C(C)(C)[C@@H]5CC[C@@]43C)[C@@H]12. The third-order valence-corrected chi connectivity index (χ3v) is 13.5. The van der Waals surface area contributed by atoms with Crippen molar-refractivity contribution in [1.29, 1.82) is 0 Å². The van der Waals surface area contributed by atoms with Crippen molar-refractivity contribution in [2.45, 2.75) is 112 Å². The molecule has 5 aliphatic rings. The standard InChI is InChI=1S/C30H50O2/c1-19(2)20-10-15-30(18-31)17-16-28(6)21(25(20)30)8-9-23-27(5)13-12-24(32)26(3,4)22(27)11-14-29(23,28)7/h20-25,31-32H,1,8-18H2,2-7H3/t20-,21-,22+,23-,24-,25-,27-,28+,29+,30-/m1/s1. The Kier molecular flexibility index (Phi) is 5.19. The zero-order chi connectivity index (χ0) is 23.3. The van der Waals surface area contributed by atoms with Gasteiger partial charge in [0.2, 0.25) is 0 Å². The molecular weight excluding hydrogens is 392 g/mol. The summed E-state index contributed by atoms with van der Waals surface area (Å²) in [5.74, 6) is 3.33. The van der Waals surface area contributed by atoms with Crippen LogP contribution in [0.1, 0.15) is 106 Å². The molecule has 0 aromatic carbocycles. The molecule has 0 saturated heterocycles. The van der Waals surface area contributed by atoms with E-state index in [1.54, 1.807) is 0 Å². The van der Waals surface area contributed by atoms with E-state index >= 15 is 0 Å². The highest BCUT2D eigenvalue weighted by Gasteiger charge is 2.70. The Morgan fingerprint density at radius 2 is 1.53 bits per heavy atom. The van der Waals surface area contributed by atoms with Gasteiger partial charge in [0.15, 0.2) is 0 Å². The largest absolute Gasteiger partial charge is 0.396 e. The Bertz CT molecular complexity index is 786. The molecule has 2 nitrogen and oxygen atoms in total. The number of rotatable bonds is 2. The van der Waals surface area contributed by atoms with E-state index in [2.05, 4.69) is 48.1 Å². The molecule has 0 spiro atoms. The Labute approximate surface area is 197 Å². The van der Waals surface area contributed by atoms with E-state index in [1.165, 1.54) is 63.4 Å². The molecule has 0 bridgehead atoms. The van der Waals surface area contributed by atoms with E-state index in [4.69, 9.17) is 0 Å². The molecule has 0 aromatic heterocycles. The van der Waals surface area contributed by atoms with Gasteiger partial charge in [-0.25, -0.2) is 0 Å². The normalized spacial score (nSPS) is 56.5. The molecule has 5 aliphatic carbocycles. The van der Waals surface area contributed by atoms with Crippen molar-refractivity contribution < 1.29 is 10.2 Å². The average molecular weight is 443 g/mol. The van der Waals surface area contributed by atoms with Gasteiger partial charge in [0.05, 0.1) is 6.10 Å². The van der Waals surface area contributed by atoms with Crippen molar-refractivity contribution >= 4 is 0 Å². The lowest BCUT2D eigenvalue weighted by Crippen LogP contribution is -2.66. The van der Waals surface area contributed by atoms with Crippen LogP contribution in [-0.2, 0) is 0 Å². The highest BCUT2D eigenvalue weighted by Crippen LogP contribution is 2.77. The molecule has 32 heavy (non-hydrogen) atoms. The number of allylic oxidation sites excluding steroid dienone is 1. The van der Waals surface area contributed by atoms with Gasteiger partial charge in [0, 0.05) is 6.61 Å². The van der Waals surface area contributed by atoms with Gasteiger partial charge in [-0.15, -0.1) is 0 Å². The highest BCUT2D eigenvalue weighted by molar-refractivity contribution is 5.21. The molecule has 0 aliphatic heterocycles. The van der Waals surface area contributed by atoms with Crippen LogP contribution < -0.4 is 0 Å². The summed E-state index contributed by atoms with van der Waals surface area (Å²) in [7, 11) is 0. The Morgan fingerprint density at radius 1 is 0.812 bits per heavy atom. The van der Waals surface area contributed by atoms with E-state index < -0.39 is 0 Å². The second kappa shape index (κ2) is 7.09. The van der Waals surface area contributed by atoms with Crippen molar-refractivity contribution in [2.75, 3.05) is 6.61 Å². The minimum absolute atomic E-state index is 0.0290. The zero-order valence-corrected chi connectivity index (χ0v) is 21.8. The maximum absolute atomic E-state index is 10.9. The van der Waals surface area contributed by atoms with Crippen LogP contribution in [-0.4, -0.2) is 22.9 Å². The maximum atomic E-state index is 10.9. The van der Waals surface area contributed by atoms with E-state index in [1.807, 2.05) is 0 Å². The van der Waals surface area contributed by atoms with Crippen molar-refractivity contribution in [3.63, 3.8) is 0 Å². The molecule has 10 atom stereocenters. The lowest BCUT2D eigenvalue weighted by Gasteiger charge is -2.73. The Morgan fingerprint density at radius 3 is 2.19 bits per heavy atom. The second-order valence-corrected chi connectivity index (χ2v) is 14.6. The number of hydrogen-bond acceptors (Lipinski definition) is 2. The maximum Gasteiger partial charge on any atom is 0.0594 e. The van der Waals surface area contributed by atoms with Crippen molar-refractivity contribution in [3.8, 4) is 0 Å². The predicted octanol–water partition coefficient (Wildman–Crippen LogP) is 7.00. The minimum atomic E-state index is -0.147. The third kappa shape index (κ3) is 2.66. The number of hydrogen-bond donors (Lipinski definition) is 2. The smallest absolute Gasteiger partial charge is 0.0594 e. The van der Waals surface area contributed by atoms with E-state index in [-0.39, 0.29) is 16.9 Å². The fourth-order valence-electron chi connectivity index (χ4n) is 11.5. The second-order valence-electron chi connectivity index (χ2n) is 14.6. The first-order chi connectivity index (χ1) is 14.9. The minimum Gasteiger partial charge on any atom is -0.396 e. The predicted molar refractivity (Wildman–Crippen MR) is 132 cm³/mol. The molecule has 5 rings (SSSR count). The Balaban J connectivity index is 1.55. The van der Waals surface area contributed by atoms with Gasteiger partial charge in [-0.3, -0.25) is 0 Å². The summed E-state index contributed by atoms with van der Waals surface area (Å²) < 4.78 is 0. The van der Waals surface area contributed by atoms with Crippen LogP contribution >= 0.6 is 0 Å². The fourth-order valence-corrected chi connectivity index (χ4v) is 11.5. The lowest BCUT2D eigenvalue weighted by molar-refractivity contribution is -0.249. The topological polar surface area (TPSA) is 40.5 Å². The summed E-state index contributed by atoms with van der Waals surface area (Å²) in [5, 5.41) is 21.5. The first-order valence-corrected chi connectivity index (χ1v) is 13.8. The van der Waals surface area contributed by atoms with Crippen LogP contribution in [0.5, 0.6) is 0 Å². The van der Waals surface area contributed by atoms with Crippen LogP contribution in [0.4, 0.5) is 0 Å². The average Bonchev–Trinajstić information content (AvgIpc) is 3.12. The summed E-state index contributed by atoms with van der Waals surface area (Å²) in [6.45, 7) is 19.7. The van der Waals surface area contributed by atoms with Crippen LogP contribution in [0.25, 0.3) is 0 Å². The van der Waals surface area contributed by atoms with Crippen molar-refractivity contribution in [1.82, 2.24) is 0 Å². The van der Waals surface area contributed by atoms with Crippen LogP contribution in [0.2, 0.25) is 0 Å². The number of aliphatic hydroxyl groups is 2. The summed E-state index contributed by atoms with van der Waals surface area (Å²) in [5.41, 5.74) is 2.60. The van der Waals surface area contributed by atoms with Crippen LogP contribution in [0, 0.1) is 56.7 Å². The van der Waals surface area contributed by atoms with Gasteiger partial charge in [0.25, 0.3) is 0 Å². The summed E-state index contributed by atoms with van der Waals surface area (Å²) >= 11 is 0.